The molecule has 0 aliphatic heterocycles. The summed E-state index contributed by atoms with van der Waals surface area (Å²) in [5.74, 6) is 0.415. The Hall–Kier alpha value is -3.54. The summed E-state index contributed by atoms with van der Waals surface area (Å²) in [5, 5.41) is 5.55. The first-order valence-electron chi connectivity index (χ1n) is 8.92. The zero-order chi connectivity index (χ0) is 19.9. The Labute approximate surface area is 163 Å². The zero-order valence-corrected chi connectivity index (χ0v) is 15.8. The van der Waals surface area contributed by atoms with Crippen LogP contribution in [0.15, 0.2) is 65.3 Å². The number of ether oxygens (including phenoxy) is 1. The molecule has 0 fully saturated rings. The quantitative estimate of drug-likeness (QED) is 0.654. The van der Waals surface area contributed by atoms with Crippen LogP contribution < -0.4 is 15.4 Å². The minimum atomic E-state index is -0.311. The highest BCUT2D eigenvalue weighted by atomic mass is 16.5. The Bertz CT molecular complexity index is 947. The molecule has 28 heavy (non-hydrogen) atoms. The van der Waals surface area contributed by atoms with E-state index in [0.717, 1.165) is 11.1 Å². The number of nitrogens with one attached hydrogen (secondary N) is 2. The van der Waals surface area contributed by atoms with E-state index in [0.29, 0.717) is 18.0 Å². The number of carbonyl (C=O) groups is 2. The molecule has 0 atom stereocenters. The van der Waals surface area contributed by atoms with Crippen LogP contribution in [0.1, 0.15) is 27.2 Å². The molecule has 0 bridgehead atoms. The van der Waals surface area contributed by atoms with Crippen molar-refractivity contribution in [2.75, 3.05) is 11.9 Å². The van der Waals surface area contributed by atoms with Gasteiger partial charge in [0.2, 0.25) is 0 Å². The molecule has 0 aliphatic carbocycles. The molecule has 0 spiro atoms. The first-order valence-corrected chi connectivity index (χ1v) is 8.92. The van der Waals surface area contributed by atoms with E-state index >= 15 is 0 Å². The summed E-state index contributed by atoms with van der Waals surface area (Å²) >= 11 is 0. The van der Waals surface area contributed by atoms with E-state index < -0.39 is 0 Å². The van der Waals surface area contributed by atoms with Gasteiger partial charge in [-0.3, -0.25) is 9.59 Å². The molecule has 1 heterocycles. The van der Waals surface area contributed by atoms with Crippen molar-refractivity contribution in [2.24, 2.45) is 0 Å². The van der Waals surface area contributed by atoms with Crippen molar-refractivity contribution in [1.82, 2.24) is 5.32 Å². The highest BCUT2D eigenvalue weighted by Gasteiger charge is 2.09. The third-order valence-corrected chi connectivity index (χ3v) is 4.29. The number of aryl methyl sites for hydroxylation is 2. The molecule has 3 aromatic rings. The summed E-state index contributed by atoms with van der Waals surface area (Å²) in [6.07, 6.45) is 1.45. The van der Waals surface area contributed by atoms with Gasteiger partial charge < -0.3 is 19.8 Å². The van der Waals surface area contributed by atoms with Crippen LogP contribution in [-0.2, 0) is 11.3 Å². The molecule has 2 N–H and O–H groups in total. The van der Waals surface area contributed by atoms with Crippen molar-refractivity contribution >= 4 is 17.5 Å². The van der Waals surface area contributed by atoms with Crippen molar-refractivity contribution in [3.05, 3.63) is 83.3 Å². The highest BCUT2D eigenvalue weighted by molar-refractivity contribution is 6.02. The van der Waals surface area contributed by atoms with E-state index in [2.05, 4.69) is 10.6 Å². The summed E-state index contributed by atoms with van der Waals surface area (Å²) in [7, 11) is 0. The SMILES string of the molecule is Cc1ccc(OCC(=O)NCc2ccc(NC(=O)c3ccco3)cc2)cc1C. The Kier molecular flexibility index (Phi) is 6.11. The number of furan rings is 1. The number of hydrogen-bond donors (Lipinski definition) is 2. The fourth-order valence-electron chi connectivity index (χ4n) is 2.51. The van der Waals surface area contributed by atoms with Crippen LogP contribution in [0.4, 0.5) is 5.69 Å². The van der Waals surface area contributed by atoms with E-state index in [-0.39, 0.29) is 24.2 Å². The number of anilines is 1. The molecular weight excluding hydrogens is 356 g/mol. The predicted octanol–water partition coefficient (Wildman–Crippen LogP) is 3.84. The second-order valence-corrected chi connectivity index (χ2v) is 6.44. The van der Waals surface area contributed by atoms with Gasteiger partial charge in [0, 0.05) is 12.2 Å². The number of carbonyl (C=O) groups excluding carboxylic acids is 2. The van der Waals surface area contributed by atoms with E-state index in [9.17, 15) is 9.59 Å². The van der Waals surface area contributed by atoms with Gasteiger partial charge in [-0.05, 0) is 66.9 Å². The van der Waals surface area contributed by atoms with Gasteiger partial charge in [0.25, 0.3) is 11.8 Å². The molecular formula is C22H22N2O4. The summed E-state index contributed by atoms with van der Waals surface area (Å²) in [4.78, 5) is 23.9. The van der Waals surface area contributed by atoms with E-state index in [1.807, 2.05) is 44.2 Å². The second-order valence-electron chi connectivity index (χ2n) is 6.44. The monoisotopic (exact) mass is 378 g/mol. The van der Waals surface area contributed by atoms with Gasteiger partial charge in [0.15, 0.2) is 12.4 Å². The van der Waals surface area contributed by atoms with Crippen molar-refractivity contribution < 1.29 is 18.7 Å². The third-order valence-electron chi connectivity index (χ3n) is 4.29. The van der Waals surface area contributed by atoms with Crippen LogP contribution in [0.5, 0.6) is 5.75 Å². The van der Waals surface area contributed by atoms with Crippen molar-refractivity contribution in [3.8, 4) is 5.75 Å². The van der Waals surface area contributed by atoms with Crippen LogP contribution >= 0.6 is 0 Å². The molecule has 1 aromatic heterocycles. The first-order chi connectivity index (χ1) is 13.5. The minimum Gasteiger partial charge on any atom is -0.484 e. The summed E-state index contributed by atoms with van der Waals surface area (Å²) < 4.78 is 10.6. The minimum absolute atomic E-state index is 0.0419. The average molecular weight is 378 g/mol. The maximum atomic E-state index is 12.0. The smallest absolute Gasteiger partial charge is 0.291 e. The zero-order valence-electron chi connectivity index (χ0n) is 15.8. The predicted molar refractivity (Wildman–Crippen MR) is 106 cm³/mol. The van der Waals surface area contributed by atoms with Gasteiger partial charge in [-0.2, -0.15) is 0 Å². The van der Waals surface area contributed by atoms with Gasteiger partial charge in [0.1, 0.15) is 5.75 Å². The summed E-state index contributed by atoms with van der Waals surface area (Å²) in [5.41, 5.74) is 3.86. The Morgan fingerprint density at radius 1 is 1.00 bits per heavy atom. The molecule has 0 radical (unpaired) electrons. The lowest BCUT2D eigenvalue weighted by molar-refractivity contribution is -0.123. The molecule has 144 valence electrons. The number of benzene rings is 2. The van der Waals surface area contributed by atoms with E-state index in [1.165, 1.54) is 11.8 Å². The average Bonchev–Trinajstić information content (AvgIpc) is 3.23. The fraction of sp³-hybridized carbons (Fsp3) is 0.182. The van der Waals surface area contributed by atoms with Gasteiger partial charge in [-0.15, -0.1) is 0 Å². The van der Waals surface area contributed by atoms with Crippen LogP contribution in [0.2, 0.25) is 0 Å². The molecule has 0 saturated heterocycles. The standard InChI is InChI=1S/C22H22N2O4/c1-15-5-10-19(12-16(15)2)28-14-21(25)23-13-17-6-8-18(9-7-17)24-22(26)20-4-3-11-27-20/h3-12H,13-14H2,1-2H3,(H,23,25)(H,24,26). The summed E-state index contributed by atoms with van der Waals surface area (Å²) in [6, 6.07) is 16.2. The lowest BCUT2D eigenvalue weighted by Crippen LogP contribution is -2.28. The second kappa shape index (κ2) is 8.90. The molecule has 2 aromatic carbocycles. The molecule has 6 heteroatoms. The van der Waals surface area contributed by atoms with Crippen LogP contribution in [0.25, 0.3) is 0 Å². The molecule has 0 saturated carbocycles. The summed E-state index contributed by atoms with van der Waals surface area (Å²) in [6.45, 7) is 4.36. The van der Waals surface area contributed by atoms with Crippen molar-refractivity contribution in [3.63, 3.8) is 0 Å². The largest absolute Gasteiger partial charge is 0.484 e. The number of rotatable bonds is 7. The van der Waals surface area contributed by atoms with Crippen LogP contribution in [0.3, 0.4) is 0 Å². The van der Waals surface area contributed by atoms with Crippen molar-refractivity contribution in [1.29, 1.82) is 0 Å². The fourth-order valence-corrected chi connectivity index (χ4v) is 2.51. The van der Waals surface area contributed by atoms with Gasteiger partial charge >= 0.3 is 0 Å². The van der Waals surface area contributed by atoms with E-state index in [1.54, 1.807) is 24.3 Å². The molecule has 3 rings (SSSR count). The van der Waals surface area contributed by atoms with Gasteiger partial charge in [0.05, 0.1) is 6.26 Å². The maximum Gasteiger partial charge on any atom is 0.291 e. The Balaban J connectivity index is 1.44. The molecule has 2 amide bonds. The Morgan fingerprint density at radius 2 is 1.79 bits per heavy atom. The van der Waals surface area contributed by atoms with E-state index in [4.69, 9.17) is 9.15 Å². The number of amides is 2. The topological polar surface area (TPSA) is 80.6 Å². The van der Waals surface area contributed by atoms with Crippen molar-refractivity contribution in [2.45, 2.75) is 20.4 Å². The lowest BCUT2D eigenvalue weighted by Gasteiger charge is -2.10. The van der Waals surface area contributed by atoms with Crippen LogP contribution in [0, 0.1) is 13.8 Å². The van der Waals surface area contributed by atoms with Gasteiger partial charge in [-0.25, -0.2) is 0 Å². The van der Waals surface area contributed by atoms with Gasteiger partial charge in [-0.1, -0.05) is 18.2 Å². The first kappa shape index (κ1) is 19.2. The Morgan fingerprint density at radius 3 is 2.46 bits per heavy atom. The molecule has 0 aliphatic rings. The molecule has 0 unspecified atom stereocenters. The third kappa shape index (κ3) is 5.23. The lowest BCUT2D eigenvalue weighted by atomic mass is 10.1. The normalized spacial score (nSPS) is 10.4. The highest BCUT2D eigenvalue weighted by Crippen LogP contribution is 2.16. The molecule has 6 nitrogen and oxygen atoms in total. The maximum absolute atomic E-state index is 12.0. The number of hydrogen-bond acceptors (Lipinski definition) is 4. The van der Waals surface area contributed by atoms with Crippen LogP contribution in [-0.4, -0.2) is 18.4 Å².